The van der Waals surface area contributed by atoms with Gasteiger partial charge in [0, 0.05) is 13.0 Å². The standard InChI is InChI=1S/C12H22OSi/c1-14(2,3)8-6-4-5-7-11-9-12(11)10-13/h11-13H,4-5,7,9-10H2,1-3H3/t11-,12+/m1/s1. The van der Waals surface area contributed by atoms with E-state index < -0.39 is 8.07 Å². The van der Waals surface area contributed by atoms with Crippen LogP contribution < -0.4 is 0 Å². The van der Waals surface area contributed by atoms with Crippen molar-refractivity contribution in [2.45, 2.75) is 45.3 Å². The van der Waals surface area contributed by atoms with Crippen LogP contribution in [-0.2, 0) is 0 Å². The van der Waals surface area contributed by atoms with Gasteiger partial charge >= 0.3 is 0 Å². The van der Waals surface area contributed by atoms with E-state index in [0.717, 1.165) is 12.3 Å². The second-order valence-electron chi connectivity index (χ2n) is 5.38. The quantitative estimate of drug-likeness (QED) is 0.430. The van der Waals surface area contributed by atoms with Crippen molar-refractivity contribution >= 4 is 8.07 Å². The molecule has 0 radical (unpaired) electrons. The highest BCUT2D eigenvalue weighted by molar-refractivity contribution is 6.83. The zero-order valence-electron chi connectivity index (χ0n) is 9.64. The predicted octanol–water partition coefficient (Wildman–Crippen LogP) is 2.67. The normalized spacial score (nSPS) is 25.4. The highest BCUT2D eigenvalue weighted by Gasteiger charge is 2.34. The van der Waals surface area contributed by atoms with Crippen molar-refractivity contribution in [3.63, 3.8) is 0 Å². The first-order valence-corrected chi connectivity index (χ1v) is 9.14. The average Bonchev–Trinajstić information content (AvgIpc) is 2.80. The van der Waals surface area contributed by atoms with Gasteiger partial charge in [-0.15, -0.1) is 11.5 Å². The largest absolute Gasteiger partial charge is 0.396 e. The third-order valence-electron chi connectivity index (χ3n) is 2.64. The number of rotatable bonds is 4. The summed E-state index contributed by atoms with van der Waals surface area (Å²) in [4.78, 5) is 0. The third-order valence-corrected chi connectivity index (χ3v) is 3.57. The third kappa shape index (κ3) is 4.83. The van der Waals surface area contributed by atoms with Crippen LogP contribution in [0.4, 0.5) is 0 Å². The smallest absolute Gasteiger partial charge is 0.129 e. The van der Waals surface area contributed by atoms with Crippen LogP contribution in [0.5, 0.6) is 0 Å². The van der Waals surface area contributed by atoms with Crippen molar-refractivity contribution < 1.29 is 5.11 Å². The minimum Gasteiger partial charge on any atom is -0.396 e. The predicted molar refractivity (Wildman–Crippen MR) is 63.7 cm³/mol. The average molecular weight is 210 g/mol. The molecule has 0 amide bonds. The molecule has 2 heteroatoms. The molecule has 2 atom stereocenters. The van der Waals surface area contributed by atoms with Crippen LogP contribution in [0.3, 0.4) is 0 Å². The fourth-order valence-electron chi connectivity index (χ4n) is 1.67. The zero-order chi connectivity index (χ0) is 10.6. The van der Waals surface area contributed by atoms with Crippen LogP contribution in [-0.4, -0.2) is 19.8 Å². The van der Waals surface area contributed by atoms with Crippen LogP contribution in [0, 0.1) is 23.3 Å². The van der Waals surface area contributed by atoms with Gasteiger partial charge in [-0.1, -0.05) is 19.6 Å². The molecule has 14 heavy (non-hydrogen) atoms. The lowest BCUT2D eigenvalue weighted by molar-refractivity contribution is 0.267. The van der Waals surface area contributed by atoms with E-state index in [4.69, 9.17) is 5.11 Å². The van der Waals surface area contributed by atoms with Crippen molar-refractivity contribution in [1.82, 2.24) is 0 Å². The molecule has 1 aliphatic rings. The Bertz CT molecular complexity index is 231. The summed E-state index contributed by atoms with van der Waals surface area (Å²) in [5, 5.41) is 8.86. The summed E-state index contributed by atoms with van der Waals surface area (Å²) in [7, 11) is -1.14. The van der Waals surface area contributed by atoms with Crippen LogP contribution >= 0.6 is 0 Å². The summed E-state index contributed by atoms with van der Waals surface area (Å²) < 4.78 is 0. The Morgan fingerprint density at radius 1 is 1.29 bits per heavy atom. The van der Waals surface area contributed by atoms with Crippen LogP contribution in [0.15, 0.2) is 0 Å². The number of aliphatic hydroxyl groups is 1. The molecule has 80 valence electrons. The molecule has 0 spiro atoms. The van der Waals surface area contributed by atoms with Gasteiger partial charge in [0.2, 0.25) is 0 Å². The van der Waals surface area contributed by atoms with Gasteiger partial charge in [0.1, 0.15) is 8.07 Å². The summed E-state index contributed by atoms with van der Waals surface area (Å²) in [5.74, 6) is 4.73. The topological polar surface area (TPSA) is 20.2 Å². The number of unbranched alkanes of at least 4 members (excludes halogenated alkanes) is 1. The monoisotopic (exact) mass is 210 g/mol. The lowest BCUT2D eigenvalue weighted by atomic mass is 10.1. The highest BCUT2D eigenvalue weighted by atomic mass is 28.3. The molecule has 1 fully saturated rings. The molecule has 1 aliphatic carbocycles. The van der Waals surface area contributed by atoms with E-state index in [9.17, 15) is 0 Å². The molecule has 1 saturated carbocycles. The molecule has 0 aromatic heterocycles. The van der Waals surface area contributed by atoms with Gasteiger partial charge < -0.3 is 5.11 Å². The van der Waals surface area contributed by atoms with Crippen molar-refractivity contribution in [1.29, 1.82) is 0 Å². The molecular weight excluding hydrogens is 188 g/mol. The minimum atomic E-state index is -1.14. The number of aliphatic hydroxyl groups excluding tert-OH is 1. The summed E-state index contributed by atoms with van der Waals surface area (Å²) in [6.45, 7) is 7.24. The van der Waals surface area contributed by atoms with Crippen molar-refractivity contribution in [3.05, 3.63) is 0 Å². The van der Waals surface area contributed by atoms with Gasteiger partial charge in [0.05, 0.1) is 0 Å². The molecule has 0 heterocycles. The maximum absolute atomic E-state index is 8.86. The summed E-state index contributed by atoms with van der Waals surface area (Å²) in [5.41, 5.74) is 3.38. The SMILES string of the molecule is C[Si](C)(C)C#CCCC[C@@H]1C[C@H]1CO. The first kappa shape index (κ1) is 11.8. The van der Waals surface area contributed by atoms with E-state index in [1.54, 1.807) is 0 Å². The fourth-order valence-corrected chi connectivity index (χ4v) is 2.32. The van der Waals surface area contributed by atoms with Crippen molar-refractivity contribution in [3.8, 4) is 11.5 Å². The minimum absolute atomic E-state index is 0.394. The van der Waals surface area contributed by atoms with Crippen molar-refractivity contribution in [2.75, 3.05) is 6.61 Å². The fraction of sp³-hybridized carbons (Fsp3) is 0.833. The lowest BCUT2D eigenvalue weighted by Gasteiger charge is -2.03. The van der Waals surface area contributed by atoms with Gasteiger partial charge in [-0.25, -0.2) is 0 Å². The van der Waals surface area contributed by atoms with Gasteiger partial charge in [-0.2, -0.15) is 0 Å². The Balaban J connectivity index is 2.02. The van der Waals surface area contributed by atoms with E-state index in [2.05, 4.69) is 31.1 Å². The second kappa shape index (κ2) is 5.00. The second-order valence-corrected chi connectivity index (χ2v) is 10.1. The number of hydrogen-bond donors (Lipinski definition) is 1. The van der Waals surface area contributed by atoms with E-state index >= 15 is 0 Å². The molecule has 0 bridgehead atoms. The maximum Gasteiger partial charge on any atom is 0.129 e. The van der Waals surface area contributed by atoms with E-state index in [1.165, 1.54) is 19.3 Å². The molecule has 0 aromatic rings. The van der Waals surface area contributed by atoms with Gasteiger partial charge in [0.25, 0.3) is 0 Å². The van der Waals surface area contributed by atoms with E-state index in [-0.39, 0.29) is 0 Å². The van der Waals surface area contributed by atoms with Crippen LogP contribution in [0.1, 0.15) is 25.7 Å². The van der Waals surface area contributed by atoms with Crippen molar-refractivity contribution in [2.24, 2.45) is 11.8 Å². The molecule has 0 saturated heterocycles. The molecule has 1 N–H and O–H groups in total. The zero-order valence-corrected chi connectivity index (χ0v) is 10.6. The Kier molecular flexibility index (Phi) is 4.22. The molecular formula is C12H22OSi. The maximum atomic E-state index is 8.86. The first-order valence-electron chi connectivity index (χ1n) is 5.64. The lowest BCUT2D eigenvalue weighted by Crippen LogP contribution is -2.16. The Labute approximate surface area is 88.9 Å². The number of hydrogen-bond acceptors (Lipinski definition) is 1. The molecule has 0 aromatic carbocycles. The Morgan fingerprint density at radius 3 is 2.50 bits per heavy atom. The van der Waals surface area contributed by atoms with Gasteiger partial charge in [-0.05, 0) is 31.1 Å². The van der Waals surface area contributed by atoms with Crippen LogP contribution in [0.25, 0.3) is 0 Å². The van der Waals surface area contributed by atoms with Gasteiger partial charge in [-0.3, -0.25) is 0 Å². The summed E-state index contributed by atoms with van der Waals surface area (Å²) >= 11 is 0. The molecule has 1 nitrogen and oxygen atoms in total. The van der Waals surface area contributed by atoms with E-state index in [0.29, 0.717) is 12.5 Å². The van der Waals surface area contributed by atoms with E-state index in [1.807, 2.05) is 0 Å². The first-order chi connectivity index (χ1) is 6.53. The Hall–Kier alpha value is -0.263. The summed E-state index contributed by atoms with van der Waals surface area (Å²) in [6.07, 6.45) is 4.79. The molecule has 0 unspecified atom stereocenters. The van der Waals surface area contributed by atoms with Crippen LogP contribution in [0.2, 0.25) is 19.6 Å². The Morgan fingerprint density at radius 2 is 2.00 bits per heavy atom. The highest BCUT2D eigenvalue weighted by Crippen LogP contribution is 2.41. The van der Waals surface area contributed by atoms with Gasteiger partial charge in [0.15, 0.2) is 0 Å². The molecule has 1 rings (SSSR count). The summed E-state index contributed by atoms with van der Waals surface area (Å²) in [6, 6.07) is 0. The molecule has 0 aliphatic heterocycles.